The molecule has 2 fully saturated rings. The summed E-state index contributed by atoms with van der Waals surface area (Å²) in [4.78, 5) is 14.7. The third kappa shape index (κ3) is 6.17. The molecule has 28 heavy (non-hydrogen) atoms. The molecule has 0 bridgehead atoms. The Morgan fingerprint density at radius 1 is 1.29 bits per heavy atom. The summed E-state index contributed by atoms with van der Waals surface area (Å²) in [5.41, 5.74) is 1.02. The van der Waals surface area contributed by atoms with Gasteiger partial charge in [-0.25, -0.2) is 8.78 Å². The second-order valence-corrected chi connectivity index (χ2v) is 7.09. The van der Waals surface area contributed by atoms with Gasteiger partial charge in [-0.2, -0.15) is 0 Å². The van der Waals surface area contributed by atoms with Crippen molar-refractivity contribution in [1.29, 1.82) is 0 Å². The number of halogens is 4. The fourth-order valence-electron chi connectivity index (χ4n) is 3.83. The van der Waals surface area contributed by atoms with Crippen molar-refractivity contribution in [1.82, 2.24) is 15.5 Å². The molecule has 5 nitrogen and oxygen atoms in total. The highest BCUT2D eigenvalue weighted by Gasteiger charge is 2.42. The van der Waals surface area contributed by atoms with E-state index in [2.05, 4.69) is 15.5 Å². The van der Waals surface area contributed by atoms with Crippen LogP contribution in [0.4, 0.5) is 8.78 Å². The minimum absolute atomic E-state index is 0. The van der Waals surface area contributed by atoms with Crippen molar-refractivity contribution in [3.63, 3.8) is 0 Å². The monoisotopic (exact) mass is 439 g/mol. The first-order valence-corrected chi connectivity index (χ1v) is 9.26. The lowest BCUT2D eigenvalue weighted by Crippen LogP contribution is -2.45. The van der Waals surface area contributed by atoms with Crippen molar-refractivity contribution in [3.05, 3.63) is 29.8 Å². The summed E-state index contributed by atoms with van der Waals surface area (Å²) in [5, 5.41) is 5.49. The normalized spacial score (nSPS) is 22.5. The Bertz CT molecular complexity index is 631. The summed E-state index contributed by atoms with van der Waals surface area (Å²) >= 11 is 0. The Kier molecular flexibility index (Phi) is 9.90. The molecule has 2 N–H and O–H groups in total. The quantitative estimate of drug-likeness (QED) is 0.714. The van der Waals surface area contributed by atoms with Crippen LogP contribution in [-0.2, 0) is 4.79 Å². The van der Waals surface area contributed by atoms with Gasteiger partial charge in [0.05, 0.1) is 25.7 Å². The van der Waals surface area contributed by atoms with Crippen LogP contribution >= 0.6 is 24.8 Å². The number of alkyl halides is 2. The van der Waals surface area contributed by atoms with Crippen molar-refractivity contribution >= 4 is 30.7 Å². The summed E-state index contributed by atoms with van der Waals surface area (Å²) in [6.07, 6.45) is 3.01. The number of piperidine rings is 1. The third-order valence-electron chi connectivity index (χ3n) is 5.23. The molecule has 2 aliphatic heterocycles. The van der Waals surface area contributed by atoms with Crippen LogP contribution in [0.3, 0.4) is 0 Å². The van der Waals surface area contributed by atoms with Crippen LogP contribution in [0.5, 0.6) is 5.75 Å². The number of nitrogens with one attached hydrogen (secondary N) is 2. The number of methoxy groups -OCH3 is 1. The number of amides is 1. The molecule has 1 aromatic carbocycles. The summed E-state index contributed by atoms with van der Waals surface area (Å²) in [6, 6.07) is 6.93. The van der Waals surface area contributed by atoms with Crippen molar-refractivity contribution in [3.8, 4) is 5.75 Å². The van der Waals surface area contributed by atoms with Gasteiger partial charge >= 0.3 is 0 Å². The molecule has 1 aromatic rings. The first kappa shape index (κ1) is 24.9. The summed E-state index contributed by atoms with van der Waals surface area (Å²) in [7, 11) is 1.63. The fourth-order valence-corrected chi connectivity index (χ4v) is 3.83. The molecule has 0 aliphatic carbocycles. The van der Waals surface area contributed by atoms with Crippen molar-refractivity contribution in [2.75, 3.05) is 33.3 Å². The lowest BCUT2D eigenvalue weighted by Gasteiger charge is -2.35. The van der Waals surface area contributed by atoms with Crippen LogP contribution in [0.2, 0.25) is 0 Å². The largest absolute Gasteiger partial charge is 0.496 e. The number of carbonyl (C=O) groups is 1. The Labute approximate surface area is 177 Å². The maximum atomic E-state index is 13.3. The van der Waals surface area contributed by atoms with E-state index in [1.54, 1.807) is 7.11 Å². The van der Waals surface area contributed by atoms with E-state index in [0.717, 1.165) is 37.2 Å². The van der Waals surface area contributed by atoms with Gasteiger partial charge in [-0.3, -0.25) is 15.0 Å². The maximum Gasteiger partial charge on any atom is 0.262 e. The van der Waals surface area contributed by atoms with Gasteiger partial charge in [-0.05, 0) is 32.0 Å². The van der Waals surface area contributed by atoms with Gasteiger partial charge in [-0.15, -0.1) is 24.8 Å². The number of nitrogens with zero attached hydrogens (tertiary/aromatic N) is 1. The van der Waals surface area contributed by atoms with E-state index in [1.807, 2.05) is 24.3 Å². The number of likely N-dealkylation sites (tertiary alicyclic amines) is 1. The predicted octanol–water partition coefficient (Wildman–Crippen LogP) is 3.18. The van der Waals surface area contributed by atoms with E-state index in [0.29, 0.717) is 6.54 Å². The molecule has 2 unspecified atom stereocenters. The van der Waals surface area contributed by atoms with Crippen LogP contribution in [0.1, 0.15) is 37.3 Å². The van der Waals surface area contributed by atoms with Crippen molar-refractivity contribution < 1.29 is 18.3 Å². The Balaban J connectivity index is 0.00000196. The number of hydrogen-bond donors (Lipinski definition) is 2. The molecule has 0 radical (unpaired) electrons. The third-order valence-corrected chi connectivity index (χ3v) is 5.23. The van der Waals surface area contributed by atoms with Crippen LogP contribution in [0.25, 0.3) is 0 Å². The maximum absolute atomic E-state index is 13.3. The molecule has 0 spiro atoms. The minimum atomic E-state index is -2.81. The summed E-state index contributed by atoms with van der Waals surface area (Å²) in [6.45, 7) is 1.85. The zero-order chi connectivity index (χ0) is 18.6. The van der Waals surface area contributed by atoms with E-state index in [4.69, 9.17) is 4.74 Å². The van der Waals surface area contributed by atoms with E-state index >= 15 is 0 Å². The van der Waals surface area contributed by atoms with Gasteiger partial charge in [0.25, 0.3) is 5.92 Å². The molecular weight excluding hydrogens is 411 g/mol. The lowest BCUT2D eigenvalue weighted by atomic mass is 10.0. The zero-order valence-electron chi connectivity index (χ0n) is 16.0. The molecule has 160 valence electrons. The number of ether oxygens (including phenoxy) is 1. The lowest BCUT2D eigenvalue weighted by molar-refractivity contribution is -0.123. The van der Waals surface area contributed by atoms with Crippen LogP contribution in [-0.4, -0.2) is 56.1 Å². The fraction of sp³-hybridized carbons (Fsp3) is 0.632. The molecule has 2 heterocycles. The number of carbonyl (C=O) groups excluding carboxylic acids is 1. The molecular formula is C19H29Cl2F2N3O2. The molecule has 2 saturated heterocycles. The molecule has 0 aromatic heterocycles. The standard InChI is InChI=1S/C19H27F2N3O2.2ClH/c1-26-17-8-4-3-7-14(17)16(24-9-5-2-6-10-24)12-22-18(25)15-11-19(20,21)13-23-15;;/h3-4,7-8,15-16,23H,2,5-6,9-13H2,1H3,(H,22,25);2*1H. The second kappa shape index (κ2) is 11.1. The van der Waals surface area contributed by atoms with E-state index < -0.39 is 24.9 Å². The molecule has 3 rings (SSSR count). The van der Waals surface area contributed by atoms with Gasteiger partial charge < -0.3 is 10.1 Å². The number of rotatable bonds is 6. The minimum Gasteiger partial charge on any atom is -0.496 e. The van der Waals surface area contributed by atoms with E-state index in [9.17, 15) is 13.6 Å². The number of hydrogen-bond acceptors (Lipinski definition) is 4. The molecule has 0 saturated carbocycles. The summed E-state index contributed by atoms with van der Waals surface area (Å²) in [5.74, 6) is -2.39. The van der Waals surface area contributed by atoms with Crippen molar-refractivity contribution in [2.24, 2.45) is 0 Å². The van der Waals surface area contributed by atoms with Gasteiger partial charge in [0.1, 0.15) is 5.75 Å². The molecule has 2 atom stereocenters. The second-order valence-electron chi connectivity index (χ2n) is 7.09. The first-order chi connectivity index (χ1) is 12.5. The molecule has 1 amide bonds. The number of benzene rings is 1. The van der Waals surface area contributed by atoms with E-state index in [-0.39, 0.29) is 36.8 Å². The highest BCUT2D eigenvalue weighted by atomic mass is 35.5. The Morgan fingerprint density at radius 2 is 1.96 bits per heavy atom. The first-order valence-electron chi connectivity index (χ1n) is 9.26. The summed E-state index contributed by atoms with van der Waals surface area (Å²) < 4.78 is 32.2. The highest BCUT2D eigenvalue weighted by molar-refractivity contribution is 5.85. The number of para-hydroxylation sites is 1. The van der Waals surface area contributed by atoms with Gasteiger partial charge in [-0.1, -0.05) is 24.6 Å². The SMILES string of the molecule is COc1ccccc1C(CNC(=O)C1CC(F)(F)CN1)N1CCCCC1.Cl.Cl. The average Bonchev–Trinajstić information content (AvgIpc) is 3.03. The zero-order valence-corrected chi connectivity index (χ0v) is 17.6. The average molecular weight is 440 g/mol. The van der Waals surface area contributed by atoms with Gasteiger partial charge in [0.2, 0.25) is 5.91 Å². The molecule has 2 aliphatic rings. The smallest absolute Gasteiger partial charge is 0.262 e. The molecule has 9 heteroatoms. The van der Waals surface area contributed by atoms with Gasteiger partial charge in [0.15, 0.2) is 0 Å². The van der Waals surface area contributed by atoms with Crippen LogP contribution < -0.4 is 15.4 Å². The van der Waals surface area contributed by atoms with Crippen LogP contribution in [0.15, 0.2) is 24.3 Å². The Hall–Kier alpha value is -1.15. The topological polar surface area (TPSA) is 53.6 Å². The highest BCUT2D eigenvalue weighted by Crippen LogP contribution is 2.31. The Morgan fingerprint density at radius 3 is 2.57 bits per heavy atom. The van der Waals surface area contributed by atoms with Crippen LogP contribution in [0, 0.1) is 0 Å². The van der Waals surface area contributed by atoms with Crippen molar-refractivity contribution in [2.45, 2.75) is 43.7 Å². The van der Waals surface area contributed by atoms with Gasteiger partial charge in [0, 0.05) is 18.5 Å². The predicted molar refractivity (Wildman–Crippen MR) is 110 cm³/mol. The van der Waals surface area contributed by atoms with E-state index in [1.165, 1.54) is 6.42 Å².